The van der Waals surface area contributed by atoms with Crippen molar-refractivity contribution in [2.75, 3.05) is 13.1 Å². The predicted octanol–water partition coefficient (Wildman–Crippen LogP) is 1.68. The zero-order chi connectivity index (χ0) is 15.6. The van der Waals surface area contributed by atoms with E-state index in [-0.39, 0.29) is 6.54 Å². The molecule has 0 unspecified atom stereocenters. The Kier molecular flexibility index (Phi) is 4.10. The van der Waals surface area contributed by atoms with Crippen molar-refractivity contribution in [3.8, 4) is 0 Å². The molecule has 2 amide bonds. The Morgan fingerprint density at radius 2 is 2.14 bits per heavy atom. The van der Waals surface area contributed by atoms with Crippen LogP contribution in [-0.2, 0) is 11.3 Å². The molecule has 0 aliphatic carbocycles. The van der Waals surface area contributed by atoms with Crippen LogP contribution in [0.4, 0.5) is 18.0 Å². The van der Waals surface area contributed by atoms with Gasteiger partial charge in [0.1, 0.15) is 0 Å². The number of carboxylic acids is 1. The Balaban J connectivity index is 1.98. The monoisotopic (exact) mass is 306 g/mol. The molecule has 0 radical (unpaired) electrons. The quantitative estimate of drug-likeness (QED) is 0.890. The summed E-state index contributed by atoms with van der Waals surface area (Å²) in [5.41, 5.74) is 0.657. The SMILES string of the molecule is O=C(O)[C@@H]1CN(C(=O)NCc2ccoc2)C[C@H]1C(F)(F)F. The molecular weight excluding hydrogens is 293 g/mol. The lowest BCUT2D eigenvalue weighted by atomic mass is 9.96. The molecule has 2 atom stereocenters. The van der Waals surface area contributed by atoms with Gasteiger partial charge in [-0.1, -0.05) is 0 Å². The van der Waals surface area contributed by atoms with Gasteiger partial charge in [0.05, 0.1) is 24.4 Å². The number of alkyl halides is 3. The van der Waals surface area contributed by atoms with E-state index in [1.54, 1.807) is 6.07 Å². The summed E-state index contributed by atoms with van der Waals surface area (Å²) in [6, 6.07) is 0.872. The van der Waals surface area contributed by atoms with Crippen molar-refractivity contribution < 1.29 is 32.3 Å². The molecule has 0 bridgehead atoms. The van der Waals surface area contributed by atoms with E-state index in [4.69, 9.17) is 9.52 Å². The summed E-state index contributed by atoms with van der Waals surface area (Å²) in [5.74, 6) is -5.23. The Morgan fingerprint density at radius 3 is 2.62 bits per heavy atom. The lowest BCUT2D eigenvalue weighted by Crippen LogP contribution is -2.39. The lowest BCUT2D eigenvalue weighted by Gasteiger charge is -2.18. The van der Waals surface area contributed by atoms with Gasteiger partial charge >= 0.3 is 18.2 Å². The smallest absolute Gasteiger partial charge is 0.394 e. The van der Waals surface area contributed by atoms with E-state index in [0.717, 1.165) is 4.90 Å². The van der Waals surface area contributed by atoms with Crippen molar-refractivity contribution in [2.24, 2.45) is 11.8 Å². The highest BCUT2D eigenvalue weighted by Gasteiger charge is 2.53. The van der Waals surface area contributed by atoms with Crippen molar-refractivity contribution in [3.63, 3.8) is 0 Å². The first-order chi connectivity index (χ1) is 9.79. The third-order valence-electron chi connectivity index (χ3n) is 3.37. The molecule has 0 saturated carbocycles. The van der Waals surface area contributed by atoms with Crippen LogP contribution in [0.2, 0.25) is 0 Å². The average Bonchev–Trinajstić information content (AvgIpc) is 3.04. The molecule has 1 aliphatic heterocycles. The molecule has 1 aromatic heterocycles. The number of rotatable bonds is 3. The number of carbonyl (C=O) groups excluding carboxylic acids is 1. The molecule has 1 aliphatic rings. The van der Waals surface area contributed by atoms with Gasteiger partial charge < -0.3 is 19.7 Å². The topological polar surface area (TPSA) is 82.8 Å². The number of urea groups is 1. The van der Waals surface area contributed by atoms with Gasteiger partial charge in [-0.25, -0.2) is 4.79 Å². The van der Waals surface area contributed by atoms with Gasteiger partial charge in [-0.05, 0) is 6.07 Å². The number of hydrogen-bond acceptors (Lipinski definition) is 3. The maximum atomic E-state index is 12.8. The Hall–Kier alpha value is -2.19. The first kappa shape index (κ1) is 15.2. The number of carboxylic acid groups (broad SMARTS) is 1. The van der Waals surface area contributed by atoms with Crippen LogP contribution in [0.3, 0.4) is 0 Å². The second-order valence-corrected chi connectivity index (χ2v) is 4.79. The second-order valence-electron chi connectivity index (χ2n) is 4.79. The minimum Gasteiger partial charge on any atom is -0.481 e. The van der Waals surface area contributed by atoms with Crippen LogP contribution in [0.25, 0.3) is 0 Å². The molecule has 6 nitrogen and oxygen atoms in total. The number of amides is 2. The highest BCUT2D eigenvalue weighted by molar-refractivity contribution is 5.77. The molecule has 9 heteroatoms. The number of nitrogens with one attached hydrogen (secondary N) is 1. The maximum Gasteiger partial charge on any atom is 0.394 e. The number of hydrogen-bond donors (Lipinski definition) is 2. The summed E-state index contributed by atoms with van der Waals surface area (Å²) in [7, 11) is 0. The number of nitrogens with zero attached hydrogens (tertiary/aromatic N) is 1. The van der Waals surface area contributed by atoms with Gasteiger partial charge in [-0.15, -0.1) is 0 Å². The van der Waals surface area contributed by atoms with Gasteiger partial charge in [0, 0.05) is 25.2 Å². The van der Waals surface area contributed by atoms with Gasteiger partial charge in [0.2, 0.25) is 0 Å². The molecule has 1 aromatic rings. The molecule has 2 rings (SSSR count). The van der Waals surface area contributed by atoms with Gasteiger partial charge in [0.25, 0.3) is 0 Å². The summed E-state index contributed by atoms with van der Waals surface area (Å²) < 4.78 is 43.1. The van der Waals surface area contributed by atoms with Gasteiger partial charge in [0.15, 0.2) is 0 Å². The van der Waals surface area contributed by atoms with Crippen molar-refractivity contribution in [3.05, 3.63) is 24.2 Å². The fourth-order valence-corrected chi connectivity index (χ4v) is 2.23. The fraction of sp³-hybridized carbons (Fsp3) is 0.500. The molecule has 2 heterocycles. The Labute approximate surface area is 117 Å². The first-order valence-electron chi connectivity index (χ1n) is 6.12. The van der Waals surface area contributed by atoms with Crippen LogP contribution >= 0.6 is 0 Å². The molecule has 116 valence electrons. The second kappa shape index (κ2) is 5.66. The normalized spacial score (nSPS) is 22.3. The number of furan rings is 1. The van der Waals surface area contributed by atoms with Crippen molar-refractivity contribution in [1.29, 1.82) is 0 Å². The molecule has 1 saturated heterocycles. The summed E-state index contributed by atoms with van der Waals surface area (Å²) in [6.45, 7) is -1.02. The summed E-state index contributed by atoms with van der Waals surface area (Å²) in [4.78, 5) is 23.6. The number of aliphatic carboxylic acids is 1. The number of halogens is 3. The largest absolute Gasteiger partial charge is 0.481 e. The van der Waals surface area contributed by atoms with Crippen LogP contribution in [0.5, 0.6) is 0 Å². The minimum atomic E-state index is -4.65. The standard InChI is InChI=1S/C12H13F3N2O4/c13-12(14,15)9-5-17(4-8(9)10(18)19)11(20)16-3-7-1-2-21-6-7/h1-2,6,8-9H,3-5H2,(H,16,20)(H,18,19)/t8-,9-/m1/s1. The highest BCUT2D eigenvalue weighted by atomic mass is 19.4. The van der Waals surface area contributed by atoms with E-state index in [0.29, 0.717) is 5.56 Å². The molecule has 0 aromatic carbocycles. The van der Waals surface area contributed by atoms with Crippen LogP contribution in [-0.4, -0.2) is 41.3 Å². The molecule has 0 spiro atoms. The molecule has 1 fully saturated rings. The van der Waals surface area contributed by atoms with Crippen LogP contribution in [0.15, 0.2) is 23.0 Å². The van der Waals surface area contributed by atoms with Crippen LogP contribution in [0.1, 0.15) is 5.56 Å². The molecular formula is C12H13F3N2O4. The van der Waals surface area contributed by atoms with Gasteiger partial charge in [-0.2, -0.15) is 13.2 Å². The number of carbonyl (C=O) groups is 2. The fourth-order valence-electron chi connectivity index (χ4n) is 2.23. The summed E-state index contributed by atoms with van der Waals surface area (Å²) >= 11 is 0. The number of likely N-dealkylation sites (tertiary alicyclic amines) is 1. The van der Waals surface area contributed by atoms with Crippen LogP contribution < -0.4 is 5.32 Å². The maximum absolute atomic E-state index is 12.8. The van der Waals surface area contributed by atoms with E-state index in [1.807, 2.05) is 0 Å². The van der Waals surface area contributed by atoms with Crippen molar-refractivity contribution >= 4 is 12.0 Å². The Bertz CT molecular complexity index is 515. The highest BCUT2D eigenvalue weighted by Crippen LogP contribution is 2.37. The average molecular weight is 306 g/mol. The van der Waals surface area contributed by atoms with E-state index in [2.05, 4.69) is 5.32 Å². The van der Waals surface area contributed by atoms with E-state index in [9.17, 15) is 22.8 Å². The third-order valence-corrected chi connectivity index (χ3v) is 3.37. The minimum absolute atomic E-state index is 0.0975. The van der Waals surface area contributed by atoms with E-state index in [1.165, 1.54) is 12.5 Å². The van der Waals surface area contributed by atoms with Crippen molar-refractivity contribution in [1.82, 2.24) is 10.2 Å². The molecule has 21 heavy (non-hydrogen) atoms. The lowest BCUT2D eigenvalue weighted by molar-refractivity contribution is -0.187. The van der Waals surface area contributed by atoms with E-state index >= 15 is 0 Å². The zero-order valence-electron chi connectivity index (χ0n) is 10.8. The van der Waals surface area contributed by atoms with Gasteiger partial charge in [-0.3, -0.25) is 4.79 Å². The molecule has 2 N–H and O–H groups in total. The summed E-state index contributed by atoms with van der Waals surface area (Å²) in [5, 5.41) is 11.3. The van der Waals surface area contributed by atoms with Crippen molar-refractivity contribution in [2.45, 2.75) is 12.7 Å². The zero-order valence-corrected chi connectivity index (χ0v) is 10.8. The third kappa shape index (κ3) is 3.47. The Morgan fingerprint density at radius 1 is 1.43 bits per heavy atom. The first-order valence-corrected chi connectivity index (χ1v) is 6.12. The van der Waals surface area contributed by atoms with Crippen LogP contribution in [0, 0.1) is 11.8 Å². The predicted molar refractivity (Wildman–Crippen MR) is 63.2 cm³/mol. The summed E-state index contributed by atoms with van der Waals surface area (Å²) in [6.07, 6.45) is -1.86. The van der Waals surface area contributed by atoms with E-state index < -0.39 is 43.1 Å².